The Labute approximate surface area is 124 Å². The Morgan fingerprint density at radius 1 is 1.35 bits per heavy atom. The average Bonchev–Trinajstić information content (AvgIpc) is 2.63. The molecule has 20 heavy (non-hydrogen) atoms. The molecule has 0 saturated carbocycles. The second kappa shape index (κ2) is 7.55. The quantitative estimate of drug-likeness (QED) is 0.846. The van der Waals surface area contributed by atoms with Gasteiger partial charge < -0.3 is 14.7 Å². The maximum atomic E-state index is 11.9. The van der Waals surface area contributed by atoms with E-state index in [9.17, 15) is 9.90 Å². The van der Waals surface area contributed by atoms with Gasteiger partial charge in [0.15, 0.2) is 0 Å². The molecule has 1 N–H and O–H groups in total. The average molecular weight is 295 g/mol. The molecule has 1 aromatic carbocycles. The van der Waals surface area contributed by atoms with Crippen LogP contribution in [0.3, 0.4) is 0 Å². The summed E-state index contributed by atoms with van der Waals surface area (Å²) in [5, 5.41) is 9.58. The number of benzene rings is 1. The monoisotopic (exact) mass is 295 g/mol. The molecule has 0 bridgehead atoms. The van der Waals surface area contributed by atoms with Gasteiger partial charge in [-0.2, -0.15) is 0 Å². The number of ether oxygens (including phenoxy) is 1. The molecule has 1 amide bonds. The molecule has 4 nitrogen and oxygen atoms in total. The summed E-state index contributed by atoms with van der Waals surface area (Å²) in [5.74, 6) is 1.89. The number of aliphatic hydroxyl groups excluding tert-OH is 1. The number of aliphatic hydroxyl groups is 1. The third-order valence-electron chi connectivity index (χ3n) is 3.47. The normalized spacial score (nSPS) is 19.8. The van der Waals surface area contributed by atoms with Gasteiger partial charge in [0.1, 0.15) is 5.75 Å². The Kier molecular flexibility index (Phi) is 5.73. The van der Waals surface area contributed by atoms with Crippen molar-refractivity contribution in [2.45, 2.75) is 30.3 Å². The lowest BCUT2D eigenvalue weighted by Gasteiger charge is -2.20. The summed E-state index contributed by atoms with van der Waals surface area (Å²) in [7, 11) is 1.65. The Morgan fingerprint density at radius 3 is 2.80 bits per heavy atom. The van der Waals surface area contributed by atoms with Gasteiger partial charge in [0.2, 0.25) is 5.91 Å². The first-order chi connectivity index (χ1) is 9.69. The second-order valence-electron chi connectivity index (χ2n) is 4.89. The van der Waals surface area contributed by atoms with Crippen LogP contribution in [0, 0.1) is 0 Å². The van der Waals surface area contributed by atoms with Gasteiger partial charge in [-0.1, -0.05) is 0 Å². The van der Waals surface area contributed by atoms with E-state index in [1.54, 1.807) is 18.9 Å². The van der Waals surface area contributed by atoms with E-state index in [0.717, 1.165) is 18.0 Å². The largest absolute Gasteiger partial charge is 0.497 e. The molecule has 0 radical (unpaired) electrons. The van der Waals surface area contributed by atoms with E-state index in [1.165, 1.54) is 4.90 Å². The molecule has 1 saturated heterocycles. The van der Waals surface area contributed by atoms with Crippen LogP contribution < -0.4 is 4.74 Å². The number of carbonyl (C=O) groups excluding carboxylic acids is 1. The molecule has 1 aromatic rings. The van der Waals surface area contributed by atoms with E-state index in [1.807, 2.05) is 29.2 Å². The van der Waals surface area contributed by atoms with Crippen LogP contribution in [0.1, 0.15) is 19.3 Å². The van der Waals surface area contributed by atoms with Crippen LogP contribution in [0.5, 0.6) is 5.75 Å². The SMILES string of the molecule is COc1ccc(SCCN2CC[C@@H](O)CCC2=O)cc1. The standard InChI is InChI=1S/C15H21NO3S/c1-19-13-3-5-14(6-4-13)20-11-10-16-9-8-12(17)2-7-15(16)18/h3-6,12,17H,2,7-11H2,1H3/t12-/m0/s1. The maximum Gasteiger partial charge on any atom is 0.222 e. The first kappa shape index (κ1) is 15.2. The molecular formula is C15H21NO3S. The number of rotatable bonds is 5. The van der Waals surface area contributed by atoms with Gasteiger partial charge in [0.05, 0.1) is 13.2 Å². The van der Waals surface area contributed by atoms with Crippen molar-refractivity contribution in [3.05, 3.63) is 24.3 Å². The molecule has 1 fully saturated rings. The summed E-state index contributed by atoms with van der Waals surface area (Å²) < 4.78 is 5.12. The number of amides is 1. The lowest BCUT2D eigenvalue weighted by atomic mass is 10.2. The highest BCUT2D eigenvalue weighted by Crippen LogP contribution is 2.22. The highest BCUT2D eigenvalue weighted by Gasteiger charge is 2.20. The maximum absolute atomic E-state index is 11.9. The Balaban J connectivity index is 1.78. The van der Waals surface area contributed by atoms with Crippen LogP contribution in [0.25, 0.3) is 0 Å². The Hall–Kier alpha value is -1.20. The number of hydrogen-bond donors (Lipinski definition) is 1. The third kappa shape index (κ3) is 4.42. The second-order valence-corrected chi connectivity index (χ2v) is 6.05. The lowest BCUT2D eigenvalue weighted by molar-refractivity contribution is -0.130. The molecule has 110 valence electrons. The lowest BCUT2D eigenvalue weighted by Crippen LogP contribution is -2.32. The minimum absolute atomic E-state index is 0.164. The Morgan fingerprint density at radius 2 is 2.10 bits per heavy atom. The van der Waals surface area contributed by atoms with Crippen LogP contribution in [0.2, 0.25) is 0 Å². The van der Waals surface area contributed by atoms with Crippen LogP contribution in [0.15, 0.2) is 29.2 Å². The van der Waals surface area contributed by atoms with E-state index >= 15 is 0 Å². The van der Waals surface area contributed by atoms with Gasteiger partial charge in [0.25, 0.3) is 0 Å². The molecule has 1 heterocycles. The van der Waals surface area contributed by atoms with E-state index in [0.29, 0.717) is 25.8 Å². The van der Waals surface area contributed by atoms with Crippen molar-refractivity contribution in [3.8, 4) is 5.75 Å². The fourth-order valence-corrected chi connectivity index (χ4v) is 3.08. The molecule has 1 atom stereocenters. The van der Waals surface area contributed by atoms with Crippen molar-refractivity contribution in [1.82, 2.24) is 4.90 Å². The molecule has 0 spiro atoms. The Bertz CT molecular complexity index is 435. The number of likely N-dealkylation sites (tertiary alicyclic amines) is 1. The summed E-state index contributed by atoms with van der Waals surface area (Å²) in [4.78, 5) is 14.9. The van der Waals surface area contributed by atoms with Gasteiger partial charge >= 0.3 is 0 Å². The van der Waals surface area contributed by atoms with Gasteiger partial charge in [0, 0.05) is 30.2 Å². The van der Waals surface area contributed by atoms with Crippen molar-refractivity contribution < 1.29 is 14.6 Å². The van der Waals surface area contributed by atoms with Gasteiger partial charge in [-0.3, -0.25) is 4.79 Å². The number of hydrogen-bond acceptors (Lipinski definition) is 4. The molecule has 0 aromatic heterocycles. The summed E-state index contributed by atoms with van der Waals surface area (Å²) in [5.41, 5.74) is 0. The predicted octanol–water partition coefficient (Wildman–Crippen LogP) is 2.16. The highest BCUT2D eigenvalue weighted by atomic mass is 32.2. The topological polar surface area (TPSA) is 49.8 Å². The van der Waals surface area contributed by atoms with Crippen molar-refractivity contribution in [3.63, 3.8) is 0 Å². The van der Waals surface area contributed by atoms with Crippen molar-refractivity contribution in [1.29, 1.82) is 0 Å². The number of nitrogens with zero attached hydrogens (tertiary/aromatic N) is 1. The molecule has 0 aliphatic carbocycles. The summed E-state index contributed by atoms with van der Waals surface area (Å²) >= 11 is 1.73. The number of carbonyl (C=O) groups is 1. The number of thioether (sulfide) groups is 1. The fraction of sp³-hybridized carbons (Fsp3) is 0.533. The van der Waals surface area contributed by atoms with E-state index in [2.05, 4.69) is 0 Å². The van der Waals surface area contributed by atoms with E-state index in [-0.39, 0.29) is 12.0 Å². The van der Waals surface area contributed by atoms with Crippen LogP contribution >= 0.6 is 11.8 Å². The first-order valence-corrected chi connectivity index (χ1v) is 7.90. The van der Waals surface area contributed by atoms with Crippen LogP contribution in [0.4, 0.5) is 0 Å². The zero-order valence-electron chi connectivity index (χ0n) is 11.7. The van der Waals surface area contributed by atoms with Crippen molar-refractivity contribution in [2.75, 3.05) is 26.0 Å². The predicted molar refractivity (Wildman–Crippen MR) is 80.2 cm³/mol. The minimum Gasteiger partial charge on any atom is -0.497 e. The van der Waals surface area contributed by atoms with Gasteiger partial charge in [-0.05, 0) is 37.1 Å². The third-order valence-corrected chi connectivity index (χ3v) is 4.46. The summed E-state index contributed by atoms with van der Waals surface area (Å²) in [6, 6.07) is 7.93. The van der Waals surface area contributed by atoms with Crippen LogP contribution in [-0.2, 0) is 4.79 Å². The minimum atomic E-state index is -0.321. The molecule has 1 aliphatic rings. The summed E-state index contributed by atoms with van der Waals surface area (Å²) in [6.45, 7) is 1.41. The van der Waals surface area contributed by atoms with Gasteiger partial charge in [-0.15, -0.1) is 11.8 Å². The zero-order valence-corrected chi connectivity index (χ0v) is 12.6. The van der Waals surface area contributed by atoms with Crippen LogP contribution in [-0.4, -0.2) is 48.0 Å². The zero-order chi connectivity index (χ0) is 14.4. The molecule has 0 unspecified atom stereocenters. The smallest absolute Gasteiger partial charge is 0.222 e. The molecular weight excluding hydrogens is 274 g/mol. The molecule has 1 aliphatic heterocycles. The van der Waals surface area contributed by atoms with Gasteiger partial charge in [-0.25, -0.2) is 0 Å². The van der Waals surface area contributed by atoms with Crippen molar-refractivity contribution in [2.24, 2.45) is 0 Å². The van der Waals surface area contributed by atoms with E-state index in [4.69, 9.17) is 4.74 Å². The molecule has 5 heteroatoms. The first-order valence-electron chi connectivity index (χ1n) is 6.91. The molecule has 2 rings (SSSR count). The van der Waals surface area contributed by atoms with Crippen molar-refractivity contribution >= 4 is 17.7 Å². The number of methoxy groups -OCH3 is 1. The van der Waals surface area contributed by atoms with E-state index < -0.39 is 0 Å². The highest BCUT2D eigenvalue weighted by molar-refractivity contribution is 7.99. The fourth-order valence-electron chi connectivity index (χ4n) is 2.20. The summed E-state index contributed by atoms with van der Waals surface area (Å²) in [6.07, 6.45) is 1.44.